The molecule has 0 saturated carbocycles. The Balaban J connectivity index is 2.07. The van der Waals surface area contributed by atoms with Crippen LogP contribution in [0.2, 0.25) is 5.02 Å². The Morgan fingerprint density at radius 3 is 2.73 bits per heavy atom. The molecule has 1 aliphatic heterocycles. The number of aromatic nitrogens is 2. The van der Waals surface area contributed by atoms with Gasteiger partial charge < -0.3 is 10.0 Å². The van der Waals surface area contributed by atoms with Crippen LogP contribution in [0.3, 0.4) is 0 Å². The molecule has 1 aromatic heterocycles. The molecule has 5 nitrogen and oxygen atoms in total. The van der Waals surface area contributed by atoms with Gasteiger partial charge in [-0.3, -0.25) is 4.79 Å². The number of hydrogen-bond acceptors (Lipinski definition) is 4. The summed E-state index contributed by atoms with van der Waals surface area (Å²) < 4.78 is 0. The van der Waals surface area contributed by atoms with Crippen molar-refractivity contribution >= 4 is 23.5 Å². The Morgan fingerprint density at radius 1 is 1.53 bits per heavy atom. The van der Waals surface area contributed by atoms with E-state index in [-0.39, 0.29) is 5.92 Å². The SMILES string of the molecule is O=C(O)C1CCN(c2ncc(Cl)cn2)C1. The highest BCUT2D eigenvalue weighted by Gasteiger charge is 2.29. The van der Waals surface area contributed by atoms with Crippen LogP contribution in [0.4, 0.5) is 5.95 Å². The summed E-state index contributed by atoms with van der Waals surface area (Å²) in [7, 11) is 0. The van der Waals surface area contributed by atoms with Crippen LogP contribution in [-0.4, -0.2) is 34.1 Å². The molecule has 1 atom stereocenters. The third kappa shape index (κ3) is 2.18. The predicted octanol–water partition coefficient (Wildman–Crippen LogP) is 1.04. The molecule has 0 amide bonds. The zero-order chi connectivity index (χ0) is 10.8. The number of carboxylic acids is 1. The van der Waals surface area contributed by atoms with Crippen LogP contribution < -0.4 is 4.90 Å². The van der Waals surface area contributed by atoms with Crippen molar-refractivity contribution in [2.75, 3.05) is 18.0 Å². The van der Waals surface area contributed by atoms with Gasteiger partial charge in [-0.05, 0) is 6.42 Å². The van der Waals surface area contributed by atoms with E-state index in [1.165, 1.54) is 12.4 Å². The fraction of sp³-hybridized carbons (Fsp3) is 0.444. The number of carboxylic acid groups (broad SMARTS) is 1. The van der Waals surface area contributed by atoms with Crippen molar-refractivity contribution in [1.82, 2.24) is 9.97 Å². The molecule has 1 fully saturated rings. The van der Waals surface area contributed by atoms with E-state index < -0.39 is 5.97 Å². The monoisotopic (exact) mass is 227 g/mol. The van der Waals surface area contributed by atoms with Gasteiger partial charge in [0.1, 0.15) is 0 Å². The molecule has 2 heterocycles. The van der Waals surface area contributed by atoms with E-state index >= 15 is 0 Å². The average Bonchev–Trinajstić information content (AvgIpc) is 2.68. The van der Waals surface area contributed by atoms with Crippen molar-refractivity contribution in [3.8, 4) is 0 Å². The van der Waals surface area contributed by atoms with Gasteiger partial charge in [-0.15, -0.1) is 0 Å². The maximum atomic E-state index is 10.7. The minimum Gasteiger partial charge on any atom is -0.481 e. The van der Waals surface area contributed by atoms with E-state index in [2.05, 4.69) is 9.97 Å². The second-order valence-electron chi connectivity index (χ2n) is 3.47. The summed E-state index contributed by atoms with van der Waals surface area (Å²) in [5, 5.41) is 9.31. The first-order valence-electron chi connectivity index (χ1n) is 4.62. The van der Waals surface area contributed by atoms with E-state index in [4.69, 9.17) is 16.7 Å². The third-order valence-corrected chi connectivity index (χ3v) is 2.62. The molecule has 1 unspecified atom stereocenters. The Kier molecular flexibility index (Phi) is 2.73. The third-order valence-electron chi connectivity index (χ3n) is 2.43. The molecule has 80 valence electrons. The lowest BCUT2D eigenvalue weighted by Crippen LogP contribution is -2.24. The average molecular weight is 228 g/mol. The lowest BCUT2D eigenvalue weighted by atomic mass is 10.1. The Morgan fingerprint density at radius 2 is 2.20 bits per heavy atom. The second kappa shape index (κ2) is 4.02. The summed E-state index contributed by atoms with van der Waals surface area (Å²) in [5.41, 5.74) is 0. The molecule has 0 bridgehead atoms. The summed E-state index contributed by atoms with van der Waals surface area (Å²) in [6, 6.07) is 0. The molecule has 1 saturated heterocycles. The van der Waals surface area contributed by atoms with Crippen LogP contribution in [0.5, 0.6) is 0 Å². The largest absolute Gasteiger partial charge is 0.481 e. The zero-order valence-corrected chi connectivity index (χ0v) is 8.68. The molecule has 6 heteroatoms. The molecular weight excluding hydrogens is 218 g/mol. The molecule has 0 aromatic carbocycles. The first-order valence-corrected chi connectivity index (χ1v) is 5.00. The van der Waals surface area contributed by atoms with Crippen molar-refractivity contribution in [1.29, 1.82) is 0 Å². The molecule has 0 spiro atoms. The standard InChI is InChI=1S/C9H10ClN3O2/c10-7-3-11-9(12-4-7)13-2-1-6(5-13)8(14)15/h3-4,6H,1-2,5H2,(H,14,15). The molecule has 1 N–H and O–H groups in total. The van der Waals surface area contributed by atoms with E-state index in [1.54, 1.807) is 0 Å². The van der Waals surface area contributed by atoms with Crippen molar-refractivity contribution in [2.24, 2.45) is 5.92 Å². The van der Waals surface area contributed by atoms with Crippen LogP contribution in [0, 0.1) is 5.92 Å². The van der Waals surface area contributed by atoms with Gasteiger partial charge >= 0.3 is 5.97 Å². The molecule has 1 aliphatic rings. The Bertz CT molecular complexity index is 368. The number of aliphatic carboxylic acids is 1. The first kappa shape index (κ1) is 10.2. The van der Waals surface area contributed by atoms with E-state index in [0.29, 0.717) is 30.5 Å². The smallest absolute Gasteiger partial charge is 0.308 e. The van der Waals surface area contributed by atoms with Gasteiger partial charge in [-0.1, -0.05) is 11.6 Å². The Labute approximate surface area is 91.7 Å². The molecule has 2 rings (SSSR count). The maximum Gasteiger partial charge on any atom is 0.308 e. The van der Waals surface area contributed by atoms with Gasteiger partial charge in [0.15, 0.2) is 0 Å². The van der Waals surface area contributed by atoms with Crippen LogP contribution in [0.15, 0.2) is 12.4 Å². The fourth-order valence-electron chi connectivity index (χ4n) is 1.61. The van der Waals surface area contributed by atoms with Gasteiger partial charge in [0.05, 0.1) is 23.3 Å². The quantitative estimate of drug-likeness (QED) is 0.818. The van der Waals surface area contributed by atoms with Crippen LogP contribution in [-0.2, 0) is 4.79 Å². The number of anilines is 1. The summed E-state index contributed by atoms with van der Waals surface area (Å²) in [5.74, 6) is -0.529. The number of halogens is 1. The highest BCUT2D eigenvalue weighted by molar-refractivity contribution is 6.30. The lowest BCUT2D eigenvalue weighted by Gasteiger charge is -2.14. The van der Waals surface area contributed by atoms with Crippen LogP contribution in [0.25, 0.3) is 0 Å². The van der Waals surface area contributed by atoms with Crippen molar-refractivity contribution in [3.05, 3.63) is 17.4 Å². The molecule has 15 heavy (non-hydrogen) atoms. The highest BCUT2D eigenvalue weighted by atomic mass is 35.5. The molecular formula is C9H10ClN3O2. The molecule has 0 aliphatic carbocycles. The van der Waals surface area contributed by atoms with Crippen molar-refractivity contribution in [3.63, 3.8) is 0 Å². The van der Waals surface area contributed by atoms with Crippen LogP contribution in [0.1, 0.15) is 6.42 Å². The summed E-state index contributed by atoms with van der Waals surface area (Å²) >= 11 is 5.66. The van der Waals surface area contributed by atoms with Gasteiger partial charge in [0.2, 0.25) is 5.95 Å². The minimum absolute atomic E-state index is 0.315. The van der Waals surface area contributed by atoms with E-state index in [0.717, 1.165) is 0 Å². The number of hydrogen-bond donors (Lipinski definition) is 1. The second-order valence-corrected chi connectivity index (χ2v) is 3.91. The number of rotatable bonds is 2. The zero-order valence-electron chi connectivity index (χ0n) is 7.93. The maximum absolute atomic E-state index is 10.7. The van der Waals surface area contributed by atoms with Crippen molar-refractivity contribution < 1.29 is 9.90 Å². The Hall–Kier alpha value is -1.36. The van der Waals surface area contributed by atoms with Crippen molar-refractivity contribution in [2.45, 2.75) is 6.42 Å². The topological polar surface area (TPSA) is 66.3 Å². The highest BCUT2D eigenvalue weighted by Crippen LogP contribution is 2.20. The normalized spacial score (nSPS) is 20.6. The molecule has 1 aromatic rings. The summed E-state index contributed by atoms with van der Waals surface area (Å²) in [6.07, 6.45) is 3.66. The van der Waals surface area contributed by atoms with Gasteiger partial charge in [-0.2, -0.15) is 0 Å². The first-order chi connectivity index (χ1) is 7.16. The summed E-state index contributed by atoms with van der Waals surface area (Å²) in [6.45, 7) is 1.15. The van der Waals surface area contributed by atoms with Gasteiger partial charge in [-0.25, -0.2) is 9.97 Å². The minimum atomic E-state index is -0.758. The lowest BCUT2D eigenvalue weighted by molar-refractivity contribution is -0.140. The van der Waals surface area contributed by atoms with Gasteiger partial charge in [0.25, 0.3) is 0 Å². The van der Waals surface area contributed by atoms with E-state index in [9.17, 15) is 4.79 Å². The number of carbonyl (C=O) groups is 1. The number of nitrogens with zero attached hydrogens (tertiary/aromatic N) is 3. The fourth-order valence-corrected chi connectivity index (χ4v) is 1.71. The predicted molar refractivity (Wildman–Crippen MR) is 55.0 cm³/mol. The summed E-state index contributed by atoms with van der Waals surface area (Å²) in [4.78, 5) is 20.7. The molecule has 0 radical (unpaired) electrons. The van der Waals surface area contributed by atoms with Crippen LogP contribution >= 0.6 is 11.6 Å². The van der Waals surface area contributed by atoms with Gasteiger partial charge in [0, 0.05) is 13.1 Å². The van der Waals surface area contributed by atoms with E-state index in [1.807, 2.05) is 4.90 Å².